The second-order valence-corrected chi connectivity index (χ2v) is 7.77. The third-order valence-corrected chi connectivity index (χ3v) is 5.85. The van der Waals surface area contributed by atoms with Gasteiger partial charge in [0.05, 0.1) is 18.1 Å². The fraction of sp³-hybridized carbons (Fsp3) is 0.600. The standard InChI is InChI=1S/C10H14N4O5S2/c1-2-19-10(16)13-14-8(15)5-11-12-9(14)20-7-3-4-21(17,18)6-7/h5,7H,2-4,6H2,1H3,(H,13,16). The molecule has 0 aliphatic carbocycles. The molecule has 0 bridgehead atoms. The zero-order valence-corrected chi connectivity index (χ0v) is 12.8. The SMILES string of the molecule is CCOC(=O)Nn1c(SC2CCS(=O)(=O)C2)nncc1=O. The van der Waals surface area contributed by atoms with Gasteiger partial charge in [0.15, 0.2) is 9.84 Å². The molecule has 11 heteroatoms. The van der Waals surface area contributed by atoms with Crippen LogP contribution in [-0.2, 0) is 14.6 Å². The molecular formula is C10H14N4O5S2. The minimum atomic E-state index is -3.04. The summed E-state index contributed by atoms with van der Waals surface area (Å²) in [5.74, 6) is 0.127. The molecule has 116 valence electrons. The maximum absolute atomic E-state index is 11.7. The third-order valence-electron chi connectivity index (χ3n) is 2.66. The van der Waals surface area contributed by atoms with Crippen LogP contribution in [-0.4, -0.2) is 52.7 Å². The van der Waals surface area contributed by atoms with Crippen molar-refractivity contribution in [2.45, 2.75) is 23.8 Å². The minimum Gasteiger partial charge on any atom is -0.449 e. The Bertz CT molecular complexity index is 687. The molecule has 1 atom stereocenters. The van der Waals surface area contributed by atoms with Crippen molar-refractivity contribution in [2.75, 3.05) is 23.5 Å². The molecule has 1 aliphatic rings. The highest BCUT2D eigenvalue weighted by atomic mass is 32.2. The van der Waals surface area contributed by atoms with Crippen molar-refractivity contribution in [1.29, 1.82) is 0 Å². The normalized spacial score (nSPS) is 20.1. The summed E-state index contributed by atoms with van der Waals surface area (Å²) in [7, 11) is -3.04. The summed E-state index contributed by atoms with van der Waals surface area (Å²) in [5, 5.41) is 7.21. The van der Waals surface area contributed by atoms with Crippen molar-refractivity contribution < 1.29 is 17.9 Å². The number of sulfone groups is 1. The third kappa shape index (κ3) is 4.17. The van der Waals surface area contributed by atoms with Crippen molar-refractivity contribution >= 4 is 27.7 Å². The van der Waals surface area contributed by atoms with Gasteiger partial charge in [-0.1, -0.05) is 11.8 Å². The fourth-order valence-corrected chi connectivity index (χ4v) is 5.22. The van der Waals surface area contributed by atoms with E-state index in [9.17, 15) is 18.0 Å². The van der Waals surface area contributed by atoms with Crippen molar-refractivity contribution in [3.8, 4) is 0 Å². The quantitative estimate of drug-likeness (QED) is 0.791. The van der Waals surface area contributed by atoms with Crippen LogP contribution in [0.2, 0.25) is 0 Å². The van der Waals surface area contributed by atoms with Gasteiger partial charge in [-0.25, -0.2) is 18.6 Å². The topological polar surface area (TPSA) is 120 Å². The Balaban J connectivity index is 2.18. The lowest BCUT2D eigenvalue weighted by atomic mass is 10.4. The van der Waals surface area contributed by atoms with Crippen LogP contribution in [0.15, 0.2) is 16.1 Å². The molecule has 0 radical (unpaired) electrons. The summed E-state index contributed by atoms with van der Waals surface area (Å²) in [5.41, 5.74) is 1.66. The van der Waals surface area contributed by atoms with Gasteiger partial charge < -0.3 is 4.74 Å². The highest BCUT2D eigenvalue weighted by Crippen LogP contribution is 2.28. The molecule has 1 fully saturated rings. The van der Waals surface area contributed by atoms with Crippen LogP contribution in [0.1, 0.15) is 13.3 Å². The number of hydrogen-bond acceptors (Lipinski definition) is 8. The number of rotatable bonds is 4. The molecule has 1 aromatic heterocycles. The fourth-order valence-electron chi connectivity index (χ4n) is 1.76. The molecule has 1 amide bonds. The van der Waals surface area contributed by atoms with E-state index in [2.05, 4.69) is 15.6 Å². The van der Waals surface area contributed by atoms with E-state index in [1.165, 1.54) is 0 Å². The van der Waals surface area contributed by atoms with Crippen LogP contribution in [0, 0.1) is 0 Å². The number of amides is 1. The predicted molar refractivity (Wildman–Crippen MR) is 75.6 cm³/mol. The maximum atomic E-state index is 11.7. The second-order valence-electron chi connectivity index (χ2n) is 4.28. The van der Waals surface area contributed by atoms with Crippen molar-refractivity contribution in [1.82, 2.24) is 14.9 Å². The van der Waals surface area contributed by atoms with E-state index in [4.69, 9.17) is 4.74 Å². The number of ether oxygens (including phenoxy) is 1. The molecule has 0 spiro atoms. The zero-order chi connectivity index (χ0) is 15.5. The number of aromatic nitrogens is 3. The Kier molecular flexibility index (Phi) is 4.83. The first-order valence-corrected chi connectivity index (χ1v) is 8.87. The van der Waals surface area contributed by atoms with Gasteiger partial charge >= 0.3 is 6.09 Å². The first kappa shape index (κ1) is 15.8. The zero-order valence-electron chi connectivity index (χ0n) is 11.2. The van der Waals surface area contributed by atoms with Crippen LogP contribution in [0.25, 0.3) is 0 Å². The number of thioether (sulfide) groups is 1. The molecule has 1 aliphatic heterocycles. The molecule has 0 saturated carbocycles. The number of nitrogens with one attached hydrogen (secondary N) is 1. The smallest absolute Gasteiger partial charge is 0.426 e. The molecule has 2 rings (SSSR count). The van der Waals surface area contributed by atoms with E-state index in [1.807, 2.05) is 0 Å². The van der Waals surface area contributed by atoms with Gasteiger partial charge in [-0.2, -0.15) is 9.77 Å². The van der Waals surface area contributed by atoms with Crippen LogP contribution >= 0.6 is 11.8 Å². The highest BCUT2D eigenvalue weighted by Gasteiger charge is 2.30. The summed E-state index contributed by atoms with van der Waals surface area (Å²) in [4.78, 5) is 23.2. The van der Waals surface area contributed by atoms with Gasteiger partial charge in [-0.3, -0.25) is 4.79 Å². The van der Waals surface area contributed by atoms with E-state index in [0.29, 0.717) is 6.42 Å². The number of carbonyl (C=O) groups excluding carboxylic acids is 1. The largest absolute Gasteiger partial charge is 0.449 e. The molecule has 2 heterocycles. The predicted octanol–water partition coefficient (Wildman–Crippen LogP) is -0.383. The Morgan fingerprint density at radius 1 is 1.62 bits per heavy atom. The number of carbonyl (C=O) groups is 1. The van der Waals surface area contributed by atoms with Crippen LogP contribution in [0.5, 0.6) is 0 Å². The Morgan fingerprint density at radius 3 is 3.00 bits per heavy atom. The molecule has 21 heavy (non-hydrogen) atoms. The van der Waals surface area contributed by atoms with Crippen LogP contribution < -0.4 is 11.0 Å². The first-order chi connectivity index (χ1) is 9.91. The molecule has 1 saturated heterocycles. The second kappa shape index (κ2) is 6.43. The first-order valence-electron chi connectivity index (χ1n) is 6.17. The van der Waals surface area contributed by atoms with Crippen molar-refractivity contribution in [3.63, 3.8) is 0 Å². The average Bonchev–Trinajstić information content (AvgIpc) is 2.73. The summed E-state index contributed by atoms with van der Waals surface area (Å²) >= 11 is 1.09. The molecule has 1 aromatic rings. The van der Waals surface area contributed by atoms with Crippen molar-refractivity contribution in [3.05, 3.63) is 16.6 Å². The molecular weight excluding hydrogens is 320 g/mol. The average molecular weight is 334 g/mol. The molecule has 1 unspecified atom stereocenters. The van der Waals surface area contributed by atoms with Gasteiger partial charge in [0, 0.05) is 5.25 Å². The lowest BCUT2D eigenvalue weighted by Gasteiger charge is -2.13. The highest BCUT2D eigenvalue weighted by molar-refractivity contribution is 8.01. The summed E-state index contributed by atoms with van der Waals surface area (Å²) < 4.78 is 28.5. The van der Waals surface area contributed by atoms with Gasteiger partial charge in [0.1, 0.15) is 6.20 Å². The Morgan fingerprint density at radius 2 is 2.38 bits per heavy atom. The van der Waals surface area contributed by atoms with Gasteiger partial charge in [-0.05, 0) is 13.3 Å². The molecule has 0 aromatic carbocycles. The minimum absolute atomic E-state index is 0.0157. The van der Waals surface area contributed by atoms with E-state index >= 15 is 0 Å². The summed E-state index contributed by atoms with van der Waals surface area (Å²) in [6.07, 6.45) is 0.618. The van der Waals surface area contributed by atoms with Gasteiger partial charge in [0.25, 0.3) is 5.56 Å². The number of nitrogens with zero attached hydrogens (tertiary/aromatic N) is 3. The number of hydrogen-bond donors (Lipinski definition) is 1. The monoisotopic (exact) mass is 334 g/mol. The molecule has 9 nitrogen and oxygen atoms in total. The Labute approximate surface area is 125 Å². The van der Waals surface area contributed by atoms with E-state index < -0.39 is 21.5 Å². The lowest BCUT2D eigenvalue weighted by molar-refractivity contribution is 0.163. The van der Waals surface area contributed by atoms with Crippen LogP contribution in [0.4, 0.5) is 4.79 Å². The van der Waals surface area contributed by atoms with E-state index in [1.54, 1.807) is 6.92 Å². The summed E-state index contributed by atoms with van der Waals surface area (Å²) in [6.45, 7) is 1.79. The van der Waals surface area contributed by atoms with E-state index in [-0.39, 0.29) is 28.5 Å². The maximum Gasteiger partial charge on any atom is 0.426 e. The Hall–Kier alpha value is -1.62. The lowest BCUT2D eigenvalue weighted by Crippen LogP contribution is -2.35. The van der Waals surface area contributed by atoms with E-state index in [0.717, 1.165) is 22.6 Å². The van der Waals surface area contributed by atoms with Gasteiger partial charge in [-0.15, -0.1) is 5.10 Å². The molecule has 1 N–H and O–H groups in total. The van der Waals surface area contributed by atoms with Gasteiger partial charge in [0.2, 0.25) is 5.16 Å². The van der Waals surface area contributed by atoms with Crippen molar-refractivity contribution in [2.24, 2.45) is 0 Å². The summed E-state index contributed by atoms with van der Waals surface area (Å²) in [6, 6.07) is 0. The van der Waals surface area contributed by atoms with Crippen LogP contribution in [0.3, 0.4) is 0 Å².